The molecule has 0 radical (unpaired) electrons. The molecule has 0 spiro atoms. The standard InChI is InChI=1S/C34H35NO3S/c1-3-20-9-12-21(13-10-20)27-18-28(34(37)38-24-15-14-22-16-19(2)8-11-23(22)17-24)31(35)30-29(27)32(36)25-6-4-5-7-26(25)33(30)39/h4-7,9-10,12-13,18-19,22-24H,3,8,11,14-17,35H2,1-2H3. The van der Waals surface area contributed by atoms with Crippen molar-refractivity contribution < 1.29 is 14.3 Å². The topological polar surface area (TPSA) is 69.4 Å². The molecule has 0 heterocycles. The summed E-state index contributed by atoms with van der Waals surface area (Å²) in [6.45, 7) is 4.45. The summed E-state index contributed by atoms with van der Waals surface area (Å²) in [5.41, 5.74) is 12.1. The van der Waals surface area contributed by atoms with Gasteiger partial charge < -0.3 is 10.5 Å². The monoisotopic (exact) mass is 537 g/mol. The first-order valence-electron chi connectivity index (χ1n) is 14.3. The Morgan fingerprint density at radius 2 is 1.62 bits per heavy atom. The average molecular weight is 538 g/mol. The molecular weight excluding hydrogens is 502 g/mol. The van der Waals surface area contributed by atoms with Crippen LogP contribution in [0.2, 0.25) is 0 Å². The van der Waals surface area contributed by atoms with Crippen molar-refractivity contribution in [3.05, 3.63) is 88.0 Å². The van der Waals surface area contributed by atoms with Gasteiger partial charge in [0.25, 0.3) is 0 Å². The number of ketones is 1. The second kappa shape index (κ2) is 10.3. The van der Waals surface area contributed by atoms with Gasteiger partial charge in [0.05, 0.1) is 16.1 Å². The second-order valence-electron chi connectivity index (χ2n) is 11.7. The van der Waals surface area contributed by atoms with E-state index in [-0.39, 0.29) is 23.1 Å². The molecule has 0 saturated heterocycles. The highest BCUT2D eigenvalue weighted by molar-refractivity contribution is 7.81. The highest BCUT2D eigenvalue weighted by atomic mass is 32.1. The van der Waals surface area contributed by atoms with Crippen molar-refractivity contribution in [2.45, 2.75) is 64.9 Å². The Balaban J connectivity index is 1.40. The number of nitrogen functional groups attached to an aromatic ring is 1. The van der Waals surface area contributed by atoms with Crippen molar-refractivity contribution in [1.29, 1.82) is 0 Å². The maximum absolute atomic E-state index is 13.8. The molecule has 0 amide bonds. The van der Waals surface area contributed by atoms with Crippen LogP contribution < -0.4 is 5.73 Å². The number of aryl methyl sites for hydroxylation is 1. The largest absolute Gasteiger partial charge is 0.459 e. The molecule has 200 valence electrons. The Kier molecular flexibility index (Phi) is 6.88. The van der Waals surface area contributed by atoms with Crippen molar-refractivity contribution in [2.24, 2.45) is 17.8 Å². The van der Waals surface area contributed by atoms with Gasteiger partial charge in [-0.3, -0.25) is 4.79 Å². The minimum atomic E-state index is -0.427. The summed E-state index contributed by atoms with van der Waals surface area (Å²) in [6.07, 6.45) is 7.48. The van der Waals surface area contributed by atoms with Gasteiger partial charge in [-0.1, -0.05) is 81.0 Å². The zero-order valence-corrected chi connectivity index (χ0v) is 23.5. The molecular formula is C34H35NO3S. The molecule has 4 nitrogen and oxygen atoms in total. The predicted octanol–water partition coefficient (Wildman–Crippen LogP) is 7.57. The van der Waals surface area contributed by atoms with E-state index in [2.05, 4.69) is 26.0 Å². The molecule has 3 aromatic rings. The van der Waals surface area contributed by atoms with Gasteiger partial charge in [0, 0.05) is 22.3 Å². The van der Waals surface area contributed by atoms with Crippen LogP contribution in [-0.4, -0.2) is 22.7 Å². The van der Waals surface area contributed by atoms with Crippen molar-refractivity contribution in [2.75, 3.05) is 5.73 Å². The number of ether oxygens (including phenoxy) is 1. The van der Waals surface area contributed by atoms with Crippen molar-refractivity contribution in [1.82, 2.24) is 0 Å². The van der Waals surface area contributed by atoms with Gasteiger partial charge in [0.15, 0.2) is 5.78 Å². The van der Waals surface area contributed by atoms with E-state index in [0.29, 0.717) is 38.6 Å². The third-order valence-electron chi connectivity index (χ3n) is 9.23. The number of benzene rings is 3. The fourth-order valence-electron chi connectivity index (χ4n) is 7.04. The number of hydrogen-bond donors (Lipinski definition) is 1. The van der Waals surface area contributed by atoms with Gasteiger partial charge >= 0.3 is 5.97 Å². The Hall–Kier alpha value is -3.31. The maximum atomic E-state index is 13.8. The minimum absolute atomic E-state index is 0.107. The first kappa shape index (κ1) is 25.9. The average Bonchev–Trinajstić information content (AvgIpc) is 2.95. The molecule has 2 fully saturated rings. The van der Waals surface area contributed by atoms with Crippen LogP contribution >= 0.6 is 12.2 Å². The lowest BCUT2D eigenvalue weighted by Gasteiger charge is -2.41. The molecule has 2 saturated carbocycles. The smallest absolute Gasteiger partial charge is 0.340 e. The van der Waals surface area contributed by atoms with Gasteiger partial charge in [0.2, 0.25) is 0 Å². The van der Waals surface area contributed by atoms with Gasteiger partial charge in [-0.05, 0) is 79.0 Å². The van der Waals surface area contributed by atoms with Crippen LogP contribution in [0.3, 0.4) is 0 Å². The lowest BCUT2D eigenvalue weighted by molar-refractivity contribution is -0.00482. The molecule has 6 rings (SSSR count). The number of fused-ring (bicyclic) bond motifs is 3. The molecule has 3 aromatic carbocycles. The van der Waals surface area contributed by atoms with E-state index in [0.717, 1.165) is 43.1 Å². The van der Waals surface area contributed by atoms with E-state index in [4.69, 9.17) is 22.7 Å². The van der Waals surface area contributed by atoms with E-state index >= 15 is 0 Å². The fourth-order valence-corrected chi connectivity index (χ4v) is 7.43. The number of anilines is 1. The number of thiocarbonyl (C=S) groups is 1. The lowest BCUT2D eigenvalue weighted by Crippen LogP contribution is -2.35. The zero-order chi connectivity index (χ0) is 27.3. The lowest BCUT2D eigenvalue weighted by atomic mass is 9.67. The first-order valence-corrected chi connectivity index (χ1v) is 14.7. The summed E-state index contributed by atoms with van der Waals surface area (Å²) in [6, 6.07) is 17.2. The summed E-state index contributed by atoms with van der Waals surface area (Å²) in [5, 5.41) is 0. The van der Waals surface area contributed by atoms with Gasteiger partial charge in [-0.2, -0.15) is 0 Å². The number of esters is 1. The Morgan fingerprint density at radius 1 is 0.923 bits per heavy atom. The molecule has 5 heteroatoms. The summed E-state index contributed by atoms with van der Waals surface area (Å²) < 4.78 is 6.14. The second-order valence-corrected chi connectivity index (χ2v) is 12.1. The molecule has 39 heavy (non-hydrogen) atoms. The minimum Gasteiger partial charge on any atom is -0.459 e. The molecule has 0 aromatic heterocycles. The molecule has 0 aliphatic heterocycles. The predicted molar refractivity (Wildman–Crippen MR) is 159 cm³/mol. The van der Waals surface area contributed by atoms with Gasteiger partial charge in [-0.15, -0.1) is 0 Å². The van der Waals surface area contributed by atoms with E-state index in [1.165, 1.54) is 24.8 Å². The third-order valence-corrected chi connectivity index (χ3v) is 9.66. The van der Waals surface area contributed by atoms with Crippen LogP contribution in [0.15, 0.2) is 54.6 Å². The van der Waals surface area contributed by atoms with E-state index in [9.17, 15) is 9.59 Å². The molecule has 3 aliphatic rings. The quantitative estimate of drug-likeness (QED) is 0.165. The number of hydrogen-bond acceptors (Lipinski definition) is 5. The molecule has 0 bridgehead atoms. The van der Waals surface area contributed by atoms with E-state index in [1.54, 1.807) is 12.1 Å². The Bertz CT molecular complexity index is 1470. The third kappa shape index (κ3) is 4.61. The van der Waals surface area contributed by atoms with Crippen LogP contribution in [0.25, 0.3) is 11.1 Å². The van der Waals surface area contributed by atoms with E-state index < -0.39 is 5.97 Å². The molecule has 2 N–H and O–H groups in total. The number of carbonyl (C=O) groups excluding carboxylic acids is 2. The maximum Gasteiger partial charge on any atom is 0.340 e. The van der Waals surface area contributed by atoms with Crippen LogP contribution in [0, 0.1) is 17.8 Å². The normalized spacial score (nSPS) is 23.9. The molecule has 4 unspecified atom stereocenters. The van der Waals surface area contributed by atoms with Crippen LogP contribution in [0.1, 0.15) is 95.3 Å². The van der Waals surface area contributed by atoms with Crippen molar-refractivity contribution in [3.8, 4) is 11.1 Å². The number of nitrogens with two attached hydrogens (primary N) is 1. The molecule has 3 aliphatic carbocycles. The first-order chi connectivity index (χ1) is 18.9. The highest BCUT2D eigenvalue weighted by Gasteiger charge is 2.37. The molecule has 4 atom stereocenters. The highest BCUT2D eigenvalue weighted by Crippen LogP contribution is 2.44. The summed E-state index contributed by atoms with van der Waals surface area (Å²) in [7, 11) is 0. The summed E-state index contributed by atoms with van der Waals surface area (Å²) in [5.74, 6) is 1.62. The van der Waals surface area contributed by atoms with E-state index in [1.807, 2.05) is 30.3 Å². The van der Waals surface area contributed by atoms with Crippen LogP contribution in [0.4, 0.5) is 5.69 Å². The SMILES string of the molecule is CCc1ccc(-c2cc(C(=O)OC3CCC4CC(C)CCC4C3)c(N)c3c2C(=O)c2ccccc2C3=S)cc1. The summed E-state index contributed by atoms with van der Waals surface area (Å²) >= 11 is 5.90. The zero-order valence-electron chi connectivity index (χ0n) is 22.7. The fraction of sp³-hybridized carbons (Fsp3) is 0.382. The van der Waals surface area contributed by atoms with Gasteiger partial charge in [0.1, 0.15) is 6.10 Å². The number of rotatable bonds is 4. The van der Waals surface area contributed by atoms with Crippen molar-refractivity contribution in [3.63, 3.8) is 0 Å². The Morgan fingerprint density at radius 3 is 2.36 bits per heavy atom. The number of carbonyl (C=O) groups is 2. The summed E-state index contributed by atoms with van der Waals surface area (Å²) in [4.78, 5) is 28.1. The van der Waals surface area contributed by atoms with Crippen LogP contribution in [-0.2, 0) is 11.2 Å². The van der Waals surface area contributed by atoms with Crippen LogP contribution in [0.5, 0.6) is 0 Å². The van der Waals surface area contributed by atoms with Crippen molar-refractivity contribution >= 4 is 34.5 Å². The Labute approximate surface area is 236 Å². The van der Waals surface area contributed by atoms with Gasteiger partial charge in [-0.25, -0.2) is 4.79 Å².